The van der Waals surface area contributed by atoms with E-state index in [1.54, 1.807) is 23.3 Å². The fourth-order valence-electron chi connectivity index (χ4n) is 2.23. The number of anilines is 1. The summed E-state index contributed by atoms with van der Waals surface area (Å²) in [6, 6.07) is 7.46. The van der Waals surface area contributed by atoms with Gasteiger partial charge in [-0.1, -0.05) is 6.07 Å². The first kappa shape index (κ1) is 13.6. The van der Waals surface area contributed by atoms with Crippen LogP contribution in [0.5, 0.6) is 0 Å². The largest absolute Gasteiger partial charge is 0.384 e. The van der Waals surface area contributed by atoms with Gasteiger partial charge in [-0.15, -0.1) is 11.3 Å². The van der Waals surface area contributed by atoms with Crippen molar-refractivity contribution < 1.29 is 9.90 Å². The van der Waals surface area contributed by atoms with Crippen LogP contribution in [0.1, 0.15) is 22.8 Å². The summed E-state index contributed by atoms with van der Waals surface area (Å²) in [4.78, 5) is 13.2. The first-order valence-electron chi connectivity index (χ1n) is 6.11. The molecular formula is C14H13BrN2O2S. The topological polar surface area (TPSA) is 52.6 Å². The Hall–Kier alpha value is -1.37. The first-order valence-corrected chi connectivity index (χ1v) is 7.79. The van der Waals surface area contributed by atoms with E-state index in [4.69, 9.17) is 0 Å². The molecule has 1 aromatic carbocycles. The number of nitrogens with zero attached hydrogens (tertiary/aromatic N) is 1. The van der Waals surface area contributed by atoms with Crippen molar-refractivity contribution in [1.82, 2.24) is 4.90 Å². The molecule has 0 radical (unpaired) electrons. The van der Waals surface area contributed by atoms with E-state index in [1.165, 1.54) is 0 Å². The second kappa shape index (κ2) is 5.20. The predicted molar refractivity (Wildman–Crippen MR) is 83.0 cm³/mol. The summed E-state index contributed by atoms with van der Waals surface area (Å²) in [6.07, 6.45) is -0.647. The quantitative estimate of drug-likeness (QED) is 0.867. The van der Waals surface area contributed by atoms with Crippen molar-refractivity contribution in [1.29, 1.82) is 0 Å². The van der Waals surface area contributed by atoms with Gasteiger partial charge in [0.05, 0.1) is 3.79 Å². The van der Waals surface area contributed by atoms with Crippen molar-refractivity contribution in [2.75, 3.05) is 12.4 Å². The third kappa shape index (κ3) is 2.46. The van der Waals surface area contributed by atoms with Crippen molar-refractivity contribution in [2.24, 2.45) is 0 Å². The second-order valence-corrected chi connectivity index (χ2v) is 7.08. The number of hydrogen-bond donors (Lipinski definition) is 2. The SMILES string of the molecule is CN1Cc2cc(C(O)c3csc(Br)c3)ccc2NC1=O. The van der Waals surface area contributed by atoms with Crippen molar-refractivity contribution in [3.8, 4) is 0 Å². The molecule has 1 aliphatic heterocycles. The van der Waals surface area contributed by atoms with Gasteiger partial charge in [0.15, 0.2) is 0 Å². The average molecular weight is 353 g/mol. The Bertz CT molecular complexity index is 671. The molecule has 2 heterocycles. The number of fused-ring (bicyclic) bond motifs is 1. The summed E-state index contributed by atoms with van der Waals surface area (Å²) < 4.78 is 0.997. The highest BCUT2D eigenvalue weighted by molar-refractivity contribution is 9.11. The molecule has 3 rings (SSSR count). The maximum Gasteiger partial charge on any atom is 0.321 e. The summed E-state index contributed by atoms with van der Waals surface area (Å²) in [5.74, 6) is 0. The number of amides is 2. The minimum atomic E-state index is -0.647. The summed E-state index contributed by atoms with van der Waals surface area (Å²) in [5.41, 5.74) is 3.53. The predicted octanol–water partition coefficient (Wildman–Crippen LogP) is 3.57. The number of carbonyl (C=O) groups excluding carboxylic acids is 1. The van der Waals surface area contributed by atoms with Crippen LogP contribution < -0.4 is 5.32 Å². The molecule has 1 unspecified atom stereocenters. The van der Waals surface area contributed by atoms with Gasteiger partial charge in [-0.2, -0.15) is 0 Å². The number of halogens is 1. The number of carbonyl (C=O) groups is 1. The molecule has 2 N–H and O–H groups in total. The number of nitrogens with one attached hydrogen (secondary N) is 1. The number of benzene rings is 1. The van der Waals surface area contributed by atoms with Crippen molar-refractivity contribution in [3.05, 3.63) is 50.1 Å². The molecule has 1 aliphatic rings. The van der Waals surface area contributed by atoms with Crippen LogP contribution in [0.15, 0.2) is 33.4 Å². The number of urea groups is 1. The van der Waals surface area contributed by atoms with Crippen LogP contribution in [-0.4, -0.2) is 23.1 Å². The second-order valence-electron chi connectivity index (χ2n) is 4.79. The Kier molecular flexibility index (Phi) is 3.54. The van der Waals surface area contributed by atoms with Gasteiger partial charge in [-0.25, -0.2) is 4.79 Å². The molecule has 0 saturated carbocycles. The van der Waals surface area contributed by atoms with E-state index in [-0.39, 0.29) is 6.03 Å². The minimum absolute atomic E-state index is 0.104. The Labute approximate surface area is 129 Å². The maximum atomic E-state index is 11.6. The Morgan fingerprint density at radius 1 is 1.40 bits per heavy atom. The van der Waals surface area contributed by atoms with E-state index < -0.39 is 6.10 Å². The Morgan fingerprint density at radius 2 is 2.20 bits per heavy atom. The molecule has 6 heteroatoms. The first-order chi connectivity index (χ1) is 9.54. The number of aliphatic hydroxyl groups is 1. The third-order valence-corrected chi connectivity index (χ3v) is 4.87. The molecule has 0 saturated heterocycles. The lowest BCUT2D eigenvalue weighted by molar-refractivity contribution is 0.217. The molecule has 1 atom stereocenters. The fourth-order valence-corrected chi connectivity index (χ4v) is 3.43. The third-order valence-electron chi connectivity index (χ3n) is 3.34. The minimum Gasteiger partial charge on any atom is -0.384 e. The Morgan fingerprint density at radius 3 is 2.90 bits per heavy atom. The van der Waals surface area contributed by atoms with Crippen LogP contribution >= 0.6 is 27.3 Å². The number of hydrogen-bond acceptors (Lipinski definition) is 3. The van der Waals surface area contributed by atoms with Crippen LogP contribution in [0.3, 0.4) is 0 Å². The lowest BCUT2D eigenvalue weighted by atomic mass is 10.00. The van der Waals surface area contributed by atoms with Gasteiger partial charge < -0.3 is 15.3 Å². The highest BCUT2D eigenvalue weighted by Crippen LogP contribution is 2.32. The number of rotatable bonds is 2. The van der Waals surface area contributed by atoms with E-state index in [0.29, 0.717) is 6.54 Å². The van der Waals surface area contributed by atoms with Crippen LogP contribution in [0, 0.1) is 0 Å². The molecule has 2 aromatic rings. The molecular weight excluding hydrogens is 340 g/mol. The summed E-state index contributed by atoms with van der Waals surface area (Å²) in [6.45, 7) is 0.551. The zero-order valence-corrected chi connectivity index (χ0v) is 13.2. The molecule has 1 aromatic heterocycles. The van der Waals surface area contributed by atoms with Crippen LogP contribution in [0.25, 0.3) is 0 Å². The normalized spacial score (nSPS) is 15.8. The van der Waals surface area contributed by atoms with E-state index in [1.807, 2.05) is 29.6 Å². The van der Waals surface area contributed by atoms with E-state index in [2.05, 4.69) is 21.2 Å². The molecule has 2 amide bonds. The summed E-state index contributed by atoms with van der Waals surface area (Å²) in [7, 11) is 1.75. The zero-order chi connectivity index (χ0) is 14.3. The van der Waals surface area contributed by atoms with Gasteiger partial charge in [0.1, 0.15) is 6.10 Å². The molecule has 0 fully saturated rings. The van der Waals surface area contributed by atoms with E-state index in [0.717, 1.165) is 26.2 Å². The lowest BCUT2D eigenvalue weighted by Gasteiger charge is -2.26. The van der Waals surface area contributed by atoms with Gasteiger partial charge in [0.25, 0.3) is 0 Å². The smallest absolute Gasteiger partial charge is 0.321 e. The molecule has 0 aliphatic carbocycles. The number of aliphatic hydroxyl groups excluding tert-OH is 1. The van der Waals surface area contributed by atoms with Gasteiger partial charge >= 0.3 is 6.03 Å². The monoisotopic (exact) mass is 352 g/mol. The van der Waals surface area contributed by atoms with Gasteiger partial charge in [0.2, 0.25) is 0 Å². The average Bonchev–Trinajstić information content (AvgIpc) is 2.85. The highest BCUT2D eigenvalue weighted by Gasteiger charge is 2.21. The molecule has 0 spiro atoms. The molecule has 0 bridgehead atoms. The fraction of sp³-hybridized carbons (Fsp3) is 0.214. The lowest BCUT2D eigenvalue weighted by Crippen LogP contribution is -2.35. The Balaban J connectivity index is 1.92. The standard InChI is InChI=1S/C14H13BrN2O2S/c1-17-6-9-4-8(2-3-11(9)16-14(17)19)13(18)10-5-12(15)20-7-10/h2-5,7,13,18H,6H2,1H3,(H,16,19). The zero-order valence-electron chi connectivity index (χ0n) is 10.8. The van der Waals surface area contributed by atoms with Crippen LogP contribution in [-0.2, 0) is 6.54 Å². The van der Waals surface area contributed by atoms with E-state index >= 15 is 0 Å². The maximum absolute atomic E-state index is 11.6. The molecule has 4 nitrogen and oxygen atoms in total. The summed E-state index contributed by atoms with van der Waals surface area (Å²) in [5, 5.41) is 15.2. The van der Waals surface area contributed by atoms with Crippen molar-refractivity contribution in [2.45, 2.75) is 12.6 Å². The van der Waals surface area contributed by atoms with Crippen molar-refractivity contribution >= 4 is 39.0 Å². The van der Waals surface area contributed by atoms with Gasteiger partial charge in [-0.3, -0.25) is 0 Å². The van der Waals surface area contributed by atoms with Crippen LogP contribution in [0.2, 0.25) is 0 Å². The molecule has 104 valence electrons. The molecule has 20 heavy (non-hydrogen) atoms. The summed E-state index contributed by atoms with van der Waals surface area (Å²) >= 11 is 4.95. The van der Waals surface area contributed by atoms with E-state index in [9.17, 15) is 9.90 Å². The number of thiophene rings is 1. The highest BCUT2D eigenvalue weighted by atomic mass is 79.9. The van der Waals surface area contributed by atoms with Crippen molar-refractivity contribution in [3.63, 3.8) is 0 Å². The van der Waals surface area contributed by atoms with Gasteiger partial charge in [0, 0.05) is 19.3 Å². The van der Waals surface area contributed by atoms with Gasteiger partial charge in [-0.05, 0) is 56.2 Å². The van der Waals surface area contributed by atoms with Crippen LogP contribution in [0.4, 0.5) is 10.5 Å².